The third kappa shape index (κ3) is 2.50. The van der Waals surface area contributed by atoms with Crippen LogP contribution in [0.4, 0.5) is 4.39 Å². The van der Waals surface area contributed by atoms with Crippen LogP contribution >= 0.6 is 15.9 Å². The van der Waals surface area contributed by atoms with Crippen molar-refractivity contribution in [1.82, 2.24) is 0 Å². The molecule has 0 aliphatic carbocycles. The number of rotatable bonds is 3. The summed E-state index contributed by atoms with van der Waals surface area (Å²) < 4.78 is 24.3. The summed E-state index contributed by atoms with van der Waals surface area (Å²) in [5.41, 5.74) is 6.56. The summed E-state index contributed by atoms with van der Waals surface area (Å²) in [6.07, 6.45) is 0. The number of hydrogen-bond donors (Lipinski definition) is 1. The van der Waals surface area contributed by atoms with Gasteiger partial charge in [0.1, 0.15) is 17.3 Å². The van der Waals surface area contributed by atoms with E-state index in [-0.39, 0.29) is 5.82 Å². The van der Waals surface area contributed by atoms with Crippen molar-refractivity contribution in [3.8, 4) is 5.75 Å². The third-order valence-corrected chi connectivity index (χ3v) is 2.85. The largest absolute Gasteiger partial charge is 0.496 e. The van der Waals surface area contributed by atoms with E-state index in [1.807, 2.05) is 0 Å². The van der Waals surface area contributed by atoms with Crippen molar-refractivity contribution >= 4 is 15.9 Å². The molecule has 2 aromatic rings. The highest BCUT2D eigenvalue weighted by molar-refractivity contribution is 9.10. The van der Waals surface area contributed by atoms with Gasteiger partial charge < -0.3 is 14.9 Å². The molecule has 0 saturated heterocycles. The molecule has 1 unspecified atom stereocenters. The smallest absolute Gasteiger partial charge is 0.169 e. The second-order valence-corrected chi connectivity index (χ2v) is 4.29. The topological polar surface area (TPSA) is 48.4 Å². The van der Waals surface area contributed by atoms with E-state index in [1.54, 1.807) is 18.2 Å². The Morgan fingerprint density at radius 2 is 2.12 bits per heavy atom. The van der Waals surface area contributed by atoms with Crippen LogP contribution in [0.25, 0.3) is 0 Å². The molecule has 1 heterocycles. The highest BCUT2D eigenvalue weighted by atomic mass is 79.9. The Hall–Kier alpha value is -1.33. The Balaban J connectivity index is 2.42. The Labute approximate surface area is 106 Å². The lowest BCUT2D eigenvalue weighted by molar-refractivity contribution is 0.400. The van der Waals surface area contributed by atoms with E-state index < -0.39 is 6.04 Å². The number of halogens is 2. The quantitative estimate of drug-likeness (QED) is 0.946. The second kappa shape index (κ2) is 4.89. The molecular formula is C12H11BrFNO2. The van der Waals surface area contributed by atoms with Crippen LogP contribution in [-0.4, -0.2) is 7.11 Å². The number of nitrogens with two attached hydrogens (primary N) is 1. The van der Waals surface area contributed by atoms with Crippen molar-refractivity contribution < 1.29 is 13.5 Å². The lowest BCUT2D eigenvalue weighted by Crippen LogP contribution is -2.12. The summed E-state index contributed by atoms with van der Waals surface area (Å²) in [5, 5.41) is 0. The molecule has 0 aliphatic rings. The van der Waals surface area contributed by atoms with Gasteiger partial charge in [0.2, 0.25) is 0 Å². The van der Waals surface area contributed by atoms with Gasteiger partial charge in [-0.1, -0.05) is 0 Å². The van der Waals surface area contributed by atoms with Gasteiger partial charge in [0.15, 0.2) is 4.67 Å². The zero-order valence-electron chi connectivity index (χ0n) is 9.11. The highest BCUT2D eigenvalue weighted by Gasteiger charge is 2.18. The minimum atomic E-state index is -0.563. The van der Waals surface area contributed by atoms with Crippen LogP contribution < -0.4 is 10.5 Å². The molecule has 1 atom stereocenters. The van der Waals surface area contributed by atoms with E-state index >= 15 is 0 Å². The number of benzene rings is 1. The van der Waals surface area contributed by atoms with Gasteiger partial charge in [-0.25, -0.2) is 4.39 Å². The molecular weight excluding hydrogens is 289 g/mol. The molecule has 2 rings (SSSR count). The van der Waals surface area contributed by atoms with Crippen LogP contribution in [0.3, 0.4) is 0 Å². The lowest BCUT2D eigenvalue weighted by atomic mass is 10.0. The average Bonchev–Trinajstić information content (AvgIpc) is 2.75. The zero-order valence-corrected chi connectivity index (χ0v) is 10.7. The number of hydrogen-bond acceptors (Lipinski definition) is 3. The maximum absolute atomic E-state index is 13.2. The molecule has 90 valence electrons. The van der Waals surface area contributed by atoms with Gasteiger partial charge in [-0.05, 0) is 46.3 Å². The molecule has 0 spiro atoms. The summed E-state index contributed by atoms with van der Waals surface area (Å²) in [4.78, 5) is 0. The first kappa shape index (κ1) is 12.1. The Kier molecular flexibility index (Phi) is 3.49. The van der Waals surface area contributed by atoms with Crippen molar-refractivity contribution in [3.63, 3.8) is 0 Å². The predicted octanol–water partition coefficient (Wildman–Crippen LogP) is 3.24. The maximum Gasteiger partial charge on any atom is 0.169 e. The summed E-state index contributed by atoms with van der Waals surface area (Å²) in [7, 11) is 1.52. The first-order chi connectivity index (χ1) is 8.11. The van der Waals surface area contributed by atoms with Gasteiger partial charge in [-0.3, -0.25) is 0 Å². The summed E-state index contributed by atoms with van der Waals surface area (Å²) in [5.74, 6) is 0.717. The van der Waals surface area contributed by atoms with E-state index in [1.165, 1.54) is 19.2 Å². The van der Waals surface area contributed by atoms with Crippen LogP contribution in [0.1, 0.15) is 17.4 Å². The minimum Gasteiger partial charge on any atom is -0.496 e. The molecule has 1 aromatic carbocycles. The van der Waals surface area contributed by atoms with Gasteiger partial charge in [0.25, 0.3) is 0 Å². The summed E-state index contributed by atoms with van der Waals surface area (Å²) in [6, 6.07) is 7.13. The summed E-state index contributed by atoms with van der Waals surface area (Å²) in [6.45, 7) is 0. The van der Waals surface area contributed by atoms with E-state index in [9.17, 15) is 4.39 Å². The van der Waals surface area contributed by atoms with E-state index in [0.29, 0.717) is 21.7 Å². The molecule has 2 N–H and O–H groups in total. The van der Waals surface area contributed by atoms with Crippen LogP contribution in [0.2, 0.25) is 0 Å². The van der Waals surface area contributed by atoms with Crippen LogP contribution in [0, 0.1) is 5.82 Å². The standard InChI is InChI=1S/C12H11BrFNO2/c1-16-9-3-2-7(14)6-8(9)12(15)10-4-5-11(13)17-10/h2-6,12H,15H2,1H3. The van der Waals surface area contributed by atoms with Crippen molar-refractivity contribution in [2.45, 2.75) is 6.04 Å². The van der Waals surface area contributed by atoms with Crippen molar-refractivity contribution in [2.24, 2.45) is 5.73 Å². The fourth-order valence-corrected chi connectivity index (χ4v) is 1.92. The predicted molar refractivity (Wildman–Crippen MR) is 65.4 cm³/mol. The Morgan fingerprint density at radius 3 is 2.71 bits per heavy atom. The Morgan fingerprint density at radius 1 is 1.35 bits per heavy atom. The van der Waals surface area contributed by atoms with Gasteiger partial charge in [-0.2, -0.15) is 0 Å². The van der Waals surface area contributed by atoms with Crippen LogP contribution in [0.5, 0.6) is 5.75 Å². The average molecular weight is 300 g/mol. The molecule has 5 heteroatoms. The minimum absolute atomic E-state index is 0.359. The molecule has 0 aliphatic heterocycles. The molecule has 0 fully saturated rings. The van der Waals surface area contributed by atoms with Gasteiger partial charge in [0.05, 0.1) is 13.2 Å². The van der Waals surface area contributed by atoms with Gasteiger partial charge in [0, 0.05) is 5.56 Å². The van der Waals surface area contributed by atoms with E-state index in [2.05, 4.69) is 15.9 Å². The van der Waals surface area contributed by atoms with E-state index in [4.69, 9.17) is 14.9 Å². The SMILES string of the molecule is COc1ccc(F)cc1C(N)c1ccc(Br)o1. The number of methoxy groups -OCH3 is 1. The second-order valence-electron chi connectivity index (χ2n) is 3.51. The number of ether oxygens (including phenoxy) is 1. The van der Waals surface area contributed by atoms with Crippen molar-refractivity contribution in [2.75, 3.05) is 7.11 Å². The molecule has 0 amide bonds. The summed E-state index contributed by atoms with van der Waals surface area (Å²) >= 11 is 3.20. The van der Waals surface area contributed by atoms with Crippen molar-refractivity contribution in [3.05, 3.63) is 52.1 Å². The molecule has 17 heavy (non-hydrogen) atoms. The maximum atomic E-state index is 13.2. The van der Waals surface area contributed by atoms with Crippen molar-refractivity contribution in [1.29, 1.82) is 0 Å². The Bertz CT molecular complexity index is 527. The fraction of sp³-hybridized carbons (Fsp3) is 0.167. The zero-order chi connectivity index (χ0) is 12.4. The molecule has 0 saturated carbocycles. The molecule has 3 nitrogen and oxygen atoms in total. The number of furan rings is 1. The van der Waals surface area contributed by atoms with Gasteiger partial charge >= 0.3 is 0 Å². The third-order valence-electron chi connectivity index (χ3n) is 2.43. The molecule has 1 aromatic heterocycles. The first-order valence-corrected chi connectivity index (χ1v) is 5.75. The monoisotopic (exact) mass is 299 g/mol. The van der Waals surface area contributed by atoms with E-state index in [0.717, 1.165) is 0 Å². The lowest BCUT2D eigenvalue weighted by Gasteiger charge is -2.13. The highest BCUT2D eigenvalue weighted by Crippen LogP contribution is 2.30. The van der Waals surface area contributed by atoms with Crippen LogP contribution in [-0.2, 0) is 0 Å². The molecule has 0 bridgehead atoms. The first-order valence-electron chi connectivity index (χ1n) is 4.96. The van der Waals surface area contributed by atoms with Gasteiger partial charge in [-0.15, -0.1) is 0 Å². The fourth-order valence-electron chi connectivity index (χ4n) is 1.60. The van der Waals surface area contributed by atoms with Crippen LogP contribution in [0.15, 0.2) is 39.4 Å². The normalized spacial score (nSPS) is 12.5. The molecule has 0 radical (unpaired) electrons.